The highest BCUT2D eigenvalue weighted by Crippen LogP contribution is 2.28. The molecule has 1 amide bonds. The maximum atomic E-state index is 11.8. The second kappa shape index (κ2) is 15.6. The van der Waals surface area contributed by atoms with Crippen LogP contribution in [0.5, 0.6) is 5.75 Å². The molecule has 8 nitrogen and oxygen atoms in total. The Kier molecular flexibility index (Phi) is 11.6. The first kappa shape index (κ1) is 29.1. The van der Waals surface area contributed by atoms with Crippen molar-refractivity contribution in [2.75, 3.05) is 46.6 Å². The third-order valence-electron chi connectivity index (χ3n) is 7.45. The highest BCUT2D eigenvalue weighted by atomic mass is 16.5. The van der Waals surface area contributed by atoms with Gasteiger partial charge in [-0.2, -0.15) is 0 Å². The Morgan fingerprint density at radius 3 is 2.67 bits per heavy atom. The molecule has 4 rings (SSSR count). The van der Waals surface area contributed by atoms with E-state index in [4.69, 9.17) is 19.4 Å². The third-order valence-corrected chi connectivity index (χ3v) is 7.45. The quantitative estimate of drug-likeness (QED) is 0.139. The Hall–Kier alpha value is -2.91. The standard InChI is InChI=1S/C31H43N3O5/c1-33(15-18-38-21-20-37-17-5-9-25-6-2-3-7-25)24-26-8-4-10-29(22-26)39-19-16-34-14-13-27-11-12-28(23-30(27)34)31(35)32-36/h4,8,10-14,22-23,25,36H,2-3,5-7,9,15-21,24H2,1H3,(H,32,35). The lowest BCUT2D eigenvalue weighted by Gasteiger charge is -2.17. The second-order valence-corrected chi connectivity index (χ2v) is 10.5. The Bertz CT molecular complexity index is 1160. The molecular weight excluding hydrogens is 494 g/mol. The normalized spacial score (nSPS) is 13.9. The van der Waals surface area contributed by atoms with E-state index >= 15 is 0 Å². The maximum Gasteiger partial charge on any atom is 0.274 e. The predicted molar refractivity (Wildman–Crippen MR) is 152 cm³/mol. The number of benzene rings is 2. The number of carbonyl (C=O) groups is 1. The number of hydrogen-bond acceptors (Lipinski definition) is 6. The fourth-order valence-corrected chi connectivity index (χ4v) is 5.29. The predicted octanol–water partition coefficient (Wildman–Crippen LogP) is 5.27. The van der Waals surface area contributed by atoms with Crippen LogP contribution in [0.4, 0.5) is 0 Å². The van der Waals surface area contributed by atoms with Crippen molar-refractivity contribution in [3.63, 3.8) is 0 Å². The van der Waals surface area contributed by atoms with Crippen LogP contribution in [0.25, 0.3) is 10.9 Å². The number of aromatic nitrogens is 1. The molecule has 0 unspecified atom stereocenters. The smallest absolute Gasteiger partial charge is 0.274 e. The van der Waals surface area contributed by atoms with Gasteiger partial charge in [0.2, 0.25) is 0 Å². The molecule has 2 N–H and O–H groups in total. The van der Waals surface area contributed by atoms with Gasteiger partial charge in [0, 0.05) is 37.0 Å². The molecule has 3 aromatic rings. The number of nitrogens with zero attached hydrogens (tertiary/aromatic N) is 2. The van der Waals surface area contributed by atoms with Gasteiger partial charge in [0.1, 0.15) is 12.4 Å². The first-order chi connectivity index (χ1) is 19.1. The summed E-state index contributed by atoms with van der Waals surface area (Å²) in [6.45, 7) is 5.66. The molecule has 0 spiro atoms. The number of carbonyl (C=O) groups excluding carboxylic acids is 1. The Morgan fingerprint density at radius 2 is 1.85 bits per heavy atom. The molecule has 0 saturated heterocycles. The molecule has 39 heavy (non-hydrogen) atoms. The van der Waals surface area contributed by atoms with E-state index in [1.807, 2.05) is 35.0 Å². The molecule has 0 bridgehead atoms. The summed E-state index contributed by atoms with van der Waals surface area (Å²) in [5, 5.41) is 9.94. The van der Waals surface area contributed by atoms with Crippen molar-refractivity contribution in [3.8, 4) is 5.75 Å². The summed E-state index contributed by atoms with van der Waals surface area (Å²) in [7, 11) is 2.10. The van der Waals surface area contributed by atoms with E-state index < -0.39 is 5.91 Å². The molecule has 1 fully saturated rings. The number of hydrogen-bond donors (Lipinski definition) is 2. The third kappa shape index (κ3) is 9.35. The fraction of sp³-hybridized carbons (Fsp3) is 0.516. The largest absolute Gasteiger partial charge is 0.492 e. The molecule has 2 aromatic carbocycles. The lowest BCUT2D eigenvalue weighted by molar-refractivity contribution is 0.0383. The highest BCUT2D eigenvalue weighted by Gasteiger charge is 2.14. The molecule has 1 aromatic heterocycles. The van der Waals surface area contributed by atoms with Crippen molar-refractivity contribution in [1.82, 2.24) is 14.9 Å². The van der Waals surface area contributed by atoms with Crippen LogP contribution in [0.2, 0.25) is 0 Å². The van der Waals surface area contributed by atoms with Crippen LogP contribution in [0.1, 0.15) is 54.4 Å². The second-order valence-electron chi connectivity index (χ2n) is 10.5. The van der Waals surface area contributed by atoms with Gasteiger partial charge in [0.05, 0.1) is 26.4 Å². The average molecular weight is 538 g/mol. The fourth-order valence-electron chi connectivity index (χ4n) is 5.29. The monoisotopic (exact) mass is 537 g/mol. The molecule has 8 heteroatoms. The number of hydroxylamine groups is 1. The van der Waals surface area contributed by atoms with Crippen LogP contribution in [-0.2, 0) is 22.6 Å². The molecule has 1 aliphatic rings. The summed E-state index contributed by atoms with van der Waals surface area (Å²) in [6.07, 6.45) is 10.1. The van der Waals surface area contributed by atoms with E-state index in [0.717, 1.165) is 42.3 Å². The maximum absolute atomic E-state index is 11.8. The van der Waals surface area contributed by atoms with Gasteiger partial charge in [-0.05, 0) is 67.1 Å². The average Bonchev–Trinajstić information content (AvgIpc) is 3.62. The van der Waals surface area contributed by atoms with E-state index in [2.05, 4.69) is 24.1 Å². The highest BCUT2D eigenvalue weighted by molar-refractivity contribution is 5.97. The van der Waals surface area contributed by atoms with Crippen molar-refractivity contribution in [1.29, 1.82) is 0 Å². The lowest BCUT2D eigenvalue weighted by atomic mass is 10.0. The molecule has 0 aliphatic heterocycles. The number of ether oxygens (including phenoxy) is 3. The number of amides is 1. The van der Waals surface area contributed by atoms with E-state index in [1.165, 1.54) is 44.1 Å². The Balaban J connectivity index is 1.10. The lowest BCUT2D eigenvalue weighted by Crippen LogP contribution is -2.23. The topological polar surface area (TPSA) is 85.2 Å². The number of nitrogens with one attached hydrogen (secondary N) is 1. The zero-order valence-electron chi connectivity index (χ0n) is 23.1. The van der Waals surface area contributed by atoms with Crippen LogP contribution in [0.3, 0.4) is 0 Å². The minimum Gasteiger partial charge on any atom is -0.492 e. The van der Waals surface area contributed by atoms with Crippen molar-refractivity contribution in [2.24, 2.45) is 5.92 Å². The summed E-state index contributed by atoms with van der Waals surface area (Å²) in [5.41, 5.74) is 4.20. The van der Waals surface area contributed by atoms with E-state index in [-0.39, 0.29) is 0 Å². The zero-order chi connectivity index (χ0) is 27.3. The van der Waals surface area contributed by atoms with E-state index in [1.54, 1.807) is 17.6 Å². The minimum atomic E-state index is -0.525. The molecule has 1 heterocycles. The van der Waals surface area contributed by atoms with Crippen LogP contribution < -0.4 is 10.2 Å². The SMILES string of the molecule is CN(CCOCCOCCCC1CCCC1)Cc1cccc(OCCn2ccc3ccc(C(=O)NO)cc32)c1. The van der Waals surface area contributed by atoms with E-state index in [9.17, 15) is 4.79 Å². The molecule has 0 atom stereocenters. The molecule has 0 radical (unpaired) electrons. The Morgan fingerprint density at radius 1 is 1.03 bits per heavy atom. The minimum absolute atomic E-state index is 0.409. The van der Waals surface area contributed by atoms with Gasteiger partial charge in [-0.15, -0.1) is 0 Å². The van der Waals surface area contributed by atoms with Gasteiger partial charge in [-0.25, -0.2) is 5.48 Å². The summed E-state index contributed by atoms with van der Waals surface area (Å²) in [6, 6.07) is 15.5. The summed E-state index contributed by atoms with van der Waals surface area (Å²) in [5.74, 6) is 1.25. The molecule has 1 aliphatic carbocycles. The van der Waals surface area contributed by atoms with Crippen LogP contribution in [0.15, 0.2) is 54.7 Å². The number of rotatable bonds is 17. The van der Waals surface area contributed by atoms with Gasteiger partial charge < -0.3 is 18.8 Å². The van der Waals surface area contributed by atoms with Crippen LogP contribution in [0, 0.1) is 5.92 Å². The first-order valence-corrected chi connectivity index (χ1v) is 14.2. The molecular formula is C31H43N3O5. The van der Waals surface area contributed by atoms with Gasteiger partial charge in [-0.3, -0.25) is 14.9 Å². The first-order valence-electron chi connectivity index (χ1n) is 14.2. The van der Waals surface area contributed by atoms with Crippen molar-refractivity contribution in [2.45, 2.75) is 51.6 Å². The number of fused-ring (bicyclic) bond motifs is 1. The summed E-state index contributed by atoms with van der Waals surface area (Å²) in [4.78, 5) is 14.0. The van der Waals surface area contributed by atoms with Crippen molar-refractivity contribution in [3.05, 3.63) is 65.9 Å². The van der Waals surface area contributed by atoms with Gasteiger partial charge >= 0.3 is 0 Å². The molecule has 212 valence electrons. The van der Waals surface area contributed by atoms with Crippen molar-refractivity contribution >= 4 is 16.8 Å². The van der Waals surface area contributed by atoms with Crippen molar-refractivity contribution < 1.29 is 24.2 Å². The van der Waals surface area contributed by atoms with Crippen LogP contribution in [-0.4, -0.2) is 67.2 Å². The summed E-state index contributed by atoms with van der Waals surface area (Å²) < 4.78 is 19.6. The Labute approximate surface area is 231 Å². The van der Waals surface area contributed by atoms with E-state index in [0.29, 0.717) is 38.5 Å². The van der Waals surface area contributed by atoms with Gasteiger partial charge in [0.25, 0.3) is 5.91 Å². The summed E-state index contributed by atoms with van der Waals surface area (Å²) >= 11 is 0. The van der Waals surface area contributed by atoms with Gasteiger partial charge in [0.15, 0.2) is 0 Å². The molecule has 1 saturated carbocycles. The van der Waals surface area contributed by atoms with Gasteiger partial charge in [-0.1, -0.05) is 43.9 Å². The van der Waals surface area contributed by atoms with Crippen LogP contribution >= 0.6 is 0 Å². The number of likely N-dealkylation sites (N-methyl/N-ethyl adjacent to an activating group) is 1. The zero-order valence-corrected chi connectivity index (χ0v) is 23.1.